The lowest BCUT2D eigenvalue weighted by Gasteiger charge is -2.05. The van der Waals surface area contributed by atoms with Gasteiger partial charge in [0.15, 0.2) is 0 Å². The van der Waals surface area contributed by atoms with E-state index in [0.29, 0.717) is 0 Å². The van der Waals surface area contributed by atoms with Gasteiger partial charge < -0.3 is 5.73 Å². The minimum absolute atomic E-state index is 0.184. The fourth-order valence-corrected chi connectivity index (χ4v) is 0.906. The Kier molecular flexibility index (Phi) is 2.26. The maximum Gasteiger partial charge on any atom is 0.224 e. The summed E-state index contributed by atoms with van der Waals surface area (Å²) in [6, 6.07) is 9.51. The van der Waals surface area contributed by atoms with Crippen molar-refractivity contribution >= 4 is 5.91 Å². The van der Waals surface area contributed by atoms with Gasteiger partial charge in [0.1, 0.15) is 0 Å². The van der Waals surface area contributed by atoms with Crippen molar-refractivity contribution in [3.05, 3.63) is 35.9 Å². The van der Waals surface area contributed by atoms with Gasteiger partial charge in [-0.3, -0.25) is 4.79 Å². The summed E-state index contributed by atoms with van der Waals surface area (Å²) in [4.78, 5) is 10.7. The highest BCUT2D eigenvalue weighted by atomic mass is 16.1. The summed E-state index contributed by atoms with van der Waals surface area (Å²) < 4.78 is 0. The molecule has 2 nitrogen and oxygen atoms in total. The van der Waals surface area contributed by atoms with E-state index in [0.717, 1.165) is 5.56 Å². The molecular weight excluding hydrogens is 138 g/mol. The molecule has 1 aromatic carbocycles. The third-order valence-corrected chi connectivity index (χ3v) is 1.73. The van der Waals surface area contributed by atoms with Crippen molar-refractivity contribution < 1.29 is 4.79 Å². The van der Waals surface area contributed by atoms with Crippen molar-refractivity contribution in [1.29, 1.82) is 0 Å². The highest BCUT2D eigenvalue weighted by Gasteiger charge is 2.09. The van der Waals surface area contributed by atoms with Crippen LogP contribution in [0.3, 0.4) is 0 Å². The average molecular weight is 149 g/mol. The third kappa shape index (κ3) is 1.80. The number of carbonyl (C=O) groups excluding carboxylic acids is 1. The van der Waals surface area contributed by atoms with Gasteiger partial charge >= 0.3 is 0 Å². The van der Waals surface area contributed by atoms with Crippen molar-refractivity contribution in [2.45, 2.75) is 12.8 Å². The lowest BCUT2D eigenvalue weighted by Crippen LogP contribution is -2.18. The predicted molar refractivity (Wildman–Crippen MR) is 44.1 cm³/mol. The standard InChI is InChI=1S/C9H11NO/c1-7(9(10)11)8-5-3-2-4-6-8/h2-7H,1H3,(H2,10,11)/t7-/m0/s1. The summed E-state index contributed by atoms with van der Waals surface area (Å²) in [5, 5.41) is 0. The number of hydrogen-bond donors (Lipinski definition) is 1. The van der Waals surface area contributed by atoms with Crippen LogP contribution in [0.1, 0.15) is 18.4 Å². The molecule has 0 spiro atoms. The van der Waals surface area contributed by atoms with Crippen molar-refractivity contribution in [3.8, 4) is 0 Å². The Hall–Kier alpha value is -1.31. The summed E-state index contributed by atoms with van der Waals surface area (Å²) in [7, 11) is 0. The van der Waals surface area contributed by atoms with Gasteiger partial charge in [-0.25, -0.2) is 0 Å². The summed E-state index contributed by atoms with van der Waals surface area (Å²) in [6.45, 7) is 1.80. The fraction of sp³-hybridized carbons (Fsp3) is 0.222. The van der Waals surface area contributed by atoms with E-state index in [1.165, 1.54) is 0 Å². The Morgan fingerprint density at radius 2 is 1.91 bits per heavy atom. The lowest BCUT2D eigenvalue weighted by molar-refractivity contribution is -0.119. The van der Waals surface area contributed by atoms with Crippen LogP contribution in [0.25, 0.3) is 0 Å². The van der Waals surface area contributed by atoms with Crippen molar-refractivity contribution in [2.75, 3.05) is 0 Å². The van der Waals surface area contributed by atoms with E-state index in [2.05, 4.69) is 0 Å². The second-order valence-electron chi connectivity index (χ2n) is 2.53. The first-order valence-electron chi connectivity index (χ1n) is 3.56. The van der Waals surface area contributed by atoms with Gasteiger partial charge in [-0.2, -0.15) is 0 Å². The maximum atomic E-state index is 10.7. The molecule has 1 atom stereocenters. The van der Waals surface area contributed by atoms with Gasteiger partial charge in [-0.1, -0.05) is 30.3 Å². The minimum Gasteiger partial charge on any atom is -0.369 e. The van der Waals surface area contributed by atoms with Crippen LogP contribution in [-0.2, 0) is 4.79 Å². The molecule has 2 heteroatoms. The van der Waals surface area contributed by atoms with E-state index in [-0.39, 0.29) is 11.8 Å². The second kappa shape index (κ2) is 3.19. The summed E-state index contributed by atoms with van der Waals surface area (Å²) in [5.41, 5.74) is 6.10. The van der Waals surface area contributed by atoms with Crippen LogP contribution >= 0.6 is 0 Å². The van der Waals surface area contributed by atoms with Gasteiger partial charge in [0.2, 0.25) is 5.91 Å². The number of rotatable bonds is 2. The van der Waals surface area contributed by atoms with Gasteiger partial charge in [0.25, 0.3) is 0 Å². The van der Waals surface area contributed by atoms with Crippen LogP contribution < -0.4 is 5.73 Å². The number of hydrogen-bond acceptors (Lipinski definition) is 1. The Morgan fingerprint density at radius 3 is 2.36 bits per heavy atom. The molecule has 1 rings (SSSR count). The molecule has 0 aliphatic heterocycles. The van der Waals surface area contributed by atoms with Crippen LogP contribution in [0.5, 0.6) is 0 Å². The van der Waals surface area contributed by atoms with Crippen LogP contribution in [0.15, 0.2) is 30.3 Å². The monoisotopic (exact) mass is 149 g/mol. The SMILES string of the molecule is C[C@H](C(N)=O)c1ccccc1. The molecule has 0 fully saturated rings. The van der Waals surface area contributed by atoms with Crippen molar-refractivity contribution in [3.63, 3.8) is 0 Å². The molecule has 11 heavy (non-hydrogen) atoms. The molecular formula is C9H11NO. The molecule has 0 bridgehead atoms. The number of amides is 1. The normalized spacial score (nSPS) is 12.5. The number of carbonyl (C=O) groups is 1. The highest BCUT2D eigenvalue weighted by molar-refractivity contribution is 5.81. The van der Waals surface area contributed by atoms with Gasteiger partial charge in [0, 0.05) is 0 Å². The Labute approximate surface area is 66.0 Å². The van der Waals surface area contributed by atoms with Crippen LogP contribution in [-0.4, -0.2) is 5.91 Å². The van der Waals surface area contributed by atoms with E-state index in [1.807, 2.05) is 30.3 Å². The molecule has 0 aliphatic carbocycles. The number of nitrogens with two attached hydrogens (primary N) is 1. The van der Waals surface area contributed by atoms with Crippen molar-refractivity contribution in [2.24, 2.45) is 5.73 Å². The van der Waals surface area contributed by atoms with Crippen LogP contribution in [0, 0.1) is 0 Å². The van der Waals surface area contributed by atoms with E-state index in [1.54, 1.807) is 6.92 Å². The lowest BCUT2D eigenvalue weighted by atomic mass is 10.0. The topological polar surface area (TPSA) is 43.1 Å². The summed E-state index contributed by atoms with van der Waals surface area (Å²) in [5.74, 6) is -0.465. The molecule has 0 saturated carbocycles. The molecule has 0 unspecified atom stereocenters. The molecule has 1 aromatic rings. The van der Waals surface area contributed by atoms with Gasteiger partial charge in [-0.15, -0.1) is 0 Å². The largest absolute Gasteiger partial charge is 0.369 e. The maximum absolute atomic E-state index is 10.7. The summed E-state index contributed by atoms with van der Waals surface area (Å²) in [6.07, 6.45) is 0. The van der Waals surface area contributed by atoms with Crippen LogP contribution in [0.4, 0.5) is 0 Å². The first-order chi connectivity index (χ1) is 5.22. The molecule has 2 N–H and O–H groups in total. The molecule has 0 aliphatic rings. The Balaban J connectivity index is 2.85. The van der Waals surface area contributed by atoms with Crippen molar-refractivity contribution in [1.82, 2.24) is 0 Å². The van der Waals surface area contributed by atoms with E-state index >= 15 is 0 Å². The average Bonchev–Trinajstić information content (AvgIpc) is 2.05. The van der Waals surface area contributed by atoms with Crippen LogP contribution in [0.2, 0.25) is 0 Å². The molecule has 0 heterocycles. The zero-order chi connectivity index (χ0) is 8.27. The zero-order valence-corrected chi connectivity index (χ0v) is 6.45. The number of primary amides is 1. The van der Waals surface area contributed by atoms with E-state index in [4.69, 9.17) is 5.73 Å². The minimum atomic E-state index is -0.281. The number of benzene rings is 1. The molecule has 58 valence electrons. The summed E-state index contributed by atoms with van der Waals surface area (Å²) >= 11 is 0. The van der Waals surface area contributed by atoms with Gasteiger partial charge in [0.05, 0.1) is 5.92 Å². The quantitative estimate of drug-likeness (QED) is 0.676. The smallest absolute Gasteiger partial charge is 0.224 e. The Morgan fingerprint density at radius 1 is 1.36 bits per heavy atom. The predicted octanol–water partition coefficient (Wildman–Crippen LogP) is 1.28. The first kappa shape index (κ1) is 7.79. The molecule has 0 radical (unpaired) electrons. The first-order valence-corrected chi connectivity index (χ1v) is 3.56. The zero-order valence-electron chi connectivity index (χ0n) is 6.45. The fourth-order valence-electron chi connectivity index (χ4n) is 0.906. The molecule has 1 amide bonds. The molecule has 0 aromatic heterocycles. The third-order valence-electron chi connectivity index (χ3n) is 1.73. The molecule has 0 saturated heterocycles. The van der Waals surface area contributed by atoms with Gasteiger partial charge in [-0.05, 0) is 12.5 Å². The van der Waals surface area contributed by atoms with E-state index < -0.39 is 0 Å². The second-order valence-corrected chi connectivity index (χ2v) is 2.53. The highest BCUT2D eigenvalue weighted by Crippen LogP contribution is 2.12. The Bertz CT molecular complexity index is 243. The van der Waals surface area contributed by atoms with E-state index in [9.17, 15) is 4.79 Å².